The topological polar surface area (TPSA) is 204 Å². The summed E-state index contributed by atoms with van der Waals surface area (Å²) in [6.45, 7) is 7.42. The van der Waals surface area contributed by atoms with Crippen LogP contribution in [0.25, 0.3) is 0 Å². The molecule has 3 fully saturated rings. The largest absolute Gasteiger partial charge is 0.508 e. The van der Waals surface area contributed by atoms with E-state index in [9.17, 15) is 39.3 Å². The molecule has 14 heteroatoms. The van der Waals surface area contributed by atoms with Crippen LogP contribution in [0.1, 0.15) is 75.8 Å². The number of aliphatic hydroxyl groups is 3. The molecule has 1 heterocycles. The number of amides is 1. The van der Waals surface area contributed by atoms with Crippen molar-refractivity contribution in [1.82, 2.24) is 5.32 Å². The van der Waals surface area contributed by atoms with Crippen molar-refractivity contribution >= 4 is 29.8 Å². The lowest BCUT2D eigenvalue weighted by Gasteiger charge is -2.65. The van der Waals surface area contributed by atoms with E-state index in [1.165, 1.54) is 6.92 Å². The number of aliphatic hydroxyl groups excluding tert-OH is 2. The van der Waals surface area contributed by atoms with Gasteiger partial charge in [0.05, 0.1) is 36.9 Å². The van der Waals surface area contributed by atoms with Gasteiger partial charge in [-0.25, -0.2) is 9.59 Å². The summed E-state index contributed by atoms with van der Waals surface area (Å²) in [5.74, 6) is -4.30. The number of Topliss-reactive ketones (excluding diaryl/α,β-unsaturated/α-hetero) is 1. The number of hydrogen-bond donors (Lipinski definition) is 4. The first-order valence-electron chi connectivity index (χ1n) is 17.9. The van der Waals surface area contributed by atoms with Crippen LogP contribution in [0, 0.1) is 16.7 Å². The first-order valence-corrected chi connectivity index (χ1v) is 17.9. The van der Waals surface area contributed by atoms with Crippen molar-refractivity contribution in [2.75, 3.05) is 13.7 Å². The zero-order chi connectivity index (χ0) is 39.4. The Balaban J connectivity index is 1.42. The molecule has 1 unspecified atom stereocenters. The second kappa shape index (κ2) is 14.2. The molecule has 14 nitrogen and oxygen atoms in total. The number of carbonyl (C=O) groups excluding carboxylic acids is 5. The van der Waals surface area contributed by atoms with Crippen LogP contribution < -0.4 is 5.32 Å². The summed E-state index contributed by atoms with van der Waals surface area (Å²) in [6, 6.07) is 15.4. The Morgan fingerprint density at radius 1 is 0.963 bits per heavy atom. The summed E-state index contributed by atoms with van der Waals surface area (Å²) < 4.78 is 28.2. The van der Waals surface area contributed by atoms with E-state index in [1.807, 2.05) is 0 Å². The fraction of sp³-hybridized carbons (Fsp3) is 0.525. The maximum absolute atomic E-state index is 15.0. The average Bonchev–Trinajstić information content (AvgIpc) is 3.14. The Morgan fingerprint density at radius 2 is 1.59 bits per heavy atom. The molecule has 2 aromatic rings. The van der Waals surface area contributed by atoms with Crippen LogP contribution in [0.3, 0.4) is 0 Å². The van der Waals surface area contributed by atoms with Gasteiger partial charge >= 0.3 is 18.1 Å². The molecule has 2 bridgehead atoms. The molecule has 0 spiro atoms. The van der Waals surface area contributed by atoms with Crippen LogP contribution in [-0.2, 0) is 38.1 Å². The minimum atomic E-state index is -1.93. The lowest BCUT2D eigenvalue weighted by atomic mass is 9.46. The van der Waals surface area contributed by atoms with Crippen LogP contribution in [-0.4, -0.2) is 101 Å². The third-order valence-corrected chi connectivity index (χ3v) is 12.4. The number of esters is 2. The molecule has 1 aliphatic heterocycles. The number of nitrogens with one attached hydrogen (secondary N) is 1. The van der Waals surface area contributed by atoms with Crippen LogP contribution in [0.2, 0.25) is 0 Å². The molecular formula is C40H47NO13. The number of fused-ring (bicyclic) bond motifs is 5. The van der Waals surface area contributed by atoms with Gasteiger partial charge in [-0.2, -0.15) is 0 Å². The van der Waals surface area contributed by atoms with Gasteiger partial charge in [0.2, 0.25) is 0 Å². The predicted molar refractivity (Wildman–Crippen MR) is 188 cm³/mol. The fourth-order valence-electron chi connectivity index (χ4n) is 9.06. The Kier molecular flexibility index (Phi) is 10.3. The van der Waals surface area contributed by atoms with Crippen LogP contribution >= 0.6 is 0 Å². The first-order chi connectivity index (χ1) is 25.4. The standard InChI is InChI=1S/C40H47NO13/c1-21-25(53-35(47)31(44)30(23-13-9-7-10-14-23)41-34(46)24-15-11-8-12-16-24)18-39(49)19-26-38(5,33(45)32(52-22(2)42)29(21)37(39,3)4)27(43)17-28-40(26,20-51-28)54-36(48)50-6/h7-16,25-28,30-32,43-44,49H,17-20H2,1-6H3,(H,41,46)/t25-,26?,27-,28+,30-,31+,32+,38-,39+,40+/m0/s1. The third kappa shape index (κ3) is 6.28. The van der Waals surface area contributed by atoms with Crippen molar-refractivity contribution in [2.45, 2.75) is 102 Å². The van der Waals surface area contributed by atoms with E-state index in [1.54, 1.807) is 81.4 Å². The van der Waals surface area contributed by atoms with E-state index in [0.717, 1.165) is 14.0 Å². The van der Waals surface area contributed by atoms with Crippen molar-refractivity contribution in [3.63, 3.8) is 0 Å². The maximum atomic E-state index is 15.0. The molecular weight excluding hydrogens is 702 g/mol. The smallest absolute Gasteiger partial charge is 0.456 e. The van der Waals surface area contributed by atoms with Gasteiger partial charge in [-0.05, 0) is 49.1 Å². The second-order valence-electron chi connectivity index (χ2n) is 15.5. The Bertz CT molecular complexity index is 1850. The molecule has 4 N–H and O–H groups in total. The quantitative estimate of drug-likeness (QED) is 0.174. The zero-order valence-electron chi connectivity index (χ0n) is 31.1. The highest BCUT2D eigenvalue weighted by molar-refractivity contribution is 5.96. The van der Waals surface area contributed by atoms with Gasteiger partial charge in [-0.1, -0.05) is 62.4 Å². The minimum absolute atomic E-state index is 0.0934. The molecule has 0 radical (unpaired) electrons. The van der Waals surface area contributed by atoms with Gasteiger partial charge < -0.3 is 44.3 Å². The molecule has 3 aliphatic carbocycles. The highest BCUT2D eigenvalue weighted by Gasteiger charge is 2.74. The number of methoxy groups -OCH3 is 1. The summed E-state index contributed by atoms with van der Waals surface area (Å²) in [4.78, 5) is 67.6. The van der Waals surface area contributed by atoms with Crippen LogP contribution in [0.15, 0.2) is 71.8 Å². The summed E-state index contributed by atoms with van der Waals surface area (Å²) in [6.07, 6.45) is -8.72. The zero-order valence-corrected chi connectivity index (χ0v) is 31.1. The average molecular weight is 750 g/mol. The van der Waals surface area contributed by atoms with Crippen molar-refractivity contribution in [3.05, 3.63) is 82.9 Å². The summed E-state index contributed by atoms with van der Waals surface area (Å²) in [7, 11) is 1.13. The first kappa shape index (κ1) is 39.1. The molecule has 0 aromatic heterocycles. The lowest BCUT2D eigenvalue weighted by Crippen LogP contribution is -2.77. The van der Waals surface area contributed by atoms with E-state index in [4.69, 9.17) is 23.7 Å². The molecule has 10 atom stereocenters. The summed E-state index contributed by atoms with van der Waals surface area (Å²) in [5, 5.41) is 38.9. The number of benzene rings is 2. The van der Waals surface area contributed by atoms with Gasteiger partial charge in [0, 0.05) is 36.7 Å². The number of ketones is 1. The fourth-order valence-corrected chi connectivity index (χ4v) is 9.06. The van der Waals surface area contributed by atoms with Gasteiger partial charge in [0.15, 0.2) is 23.6 Å². The minimum Gasteiger partial charge on any atom is -0.456 e. The van der Waals surface area contributed by atoms with Gasteiger partial charge in [-0.3, -0.25) is 14.4 Å². The number of ether oxygens (including phenoxy) is 5. The van der Waals surface area contributed by atoms with Crippen molar-refractivity contribution in [1.29, 1.82) is 0 Å². The highest BCUT2D eigenvalue weighted by Crippen LogP contribution is 2.63. The van der Waals surface area contributed by atoms with E-state index < -0.39 is 94.3 Å². The highest BCUT2D eigenvalue weighted by atomic mass is 16.7. The van der Waals surface area contributed by atoms with Crippen LogP contribution in [0.5, 0.6) is 0 Å². The normalized spacial score (nSPS) is 33.6. The lowest BCUT2D eigenvalue weighted by molar-refractivity contribution is -0.325. The maximum Gasteiger partial charge on any atom is 0.508 e. The van der Waals surface area contributed by atoms with E-state index in [-0.39, 0.29) is 31.4 Å². The van der Waals surface area contributed by atoms with E-state index >= 15 is 0 Å². The molecule has 290 valence electrons. The molecule has 2 aromatic carbocycles. The number of rotatable bonds is 8. The summed E-state index contributed by atoms with van der Waals surface area (Å²) in [5.41, 5.74) is -5.27. The molecule has 1 amide bonds. The molecule has 6 rings (SSSR count). The van der Waals surface area contributed by atoms with Crippen molar-refractivity contribution < 1.29 is 63.0 Å². The van der Waals surface area contributed by atoms with E-state index in [2.05, 4.69) is 5.32 Å². The van der Waals surface area contributed by atoms with Gasteiger partial charge in [0.25, 0.3) is 5.91 Å². The summed E-state index contributed by atoms with van der Waals surface area (Å²) >= 11 is 0. The monoisotopic (exact) mass is 749 g/mol. The van der Waals surface area contributed by atoms with Crippen molar-refractivity contribution in [2.24, 2.45) is 16.7 Å². The second-order valence-corrected chi connectivity index (χ2v) is 15.5. The SMILES string of the molecule is COC(=O)O[C@@]12CO[C@@H]1C[C@H](O)[C@@]1(C)C(=O)[C@H](OC(C)=O)C3=C(C)[C@@H](OC(=O)[C@H](O)[C@@H](NC(=O)c4ccccc4)c4ccccc4)C[C@@](O)(CC12)C3(C)C. The Morgan fingerprint density at radius 3 is 2.17 bits per heavy atom. The molecule has 2 saturated carbocycles. The van der Waals surface area contributed by atoms with Crippen LogP contribution in [0.4, 0.5) is 4.79 Å². The Hall–Kier alpha value is -4.63. The van der Waals surface area contributed by atoms with Gasteiger partial charge in [0.1, 0.15) is 12.2 Å². The predicted octanol–water partition coefficient (Wildman–Crippen LogP) is 3.12. The molecule has 1 saturated heterocycles. The number of carbonyl (C=O) groups is 5. The molecule has 4 aliphatic rings. The van der Waals surface area contributed by atoms with Crippen molar-refractivity contribution in [3.8, 4) is 0 Å². The Labute approximate surface area is 312 Å². The van der Waals surface area contributed by atoms with Gasteiger partial charge in [-0.15, -0.1) is 0 Å². The van der Waals surface area contributed by atoms with E-state index in [0.29, 0.717) is 16.7 Å². The third-order valence-electron chi connectivity index (χ3n) is 12.4. The number of hydrogen-bond acceptors (Lipinski definition) is 13. The molecule has 54 heavy (non-hydrogen) atoms.